The molecule has 0 fully saturated rings. The second-order valence-electron chi connectivity index (χ2n) is 13.7. The SMILES string of the molecule is Cc1cc(C(Nc2ccc3cc[nH]c(=O)c3c2)C(=O)N(CCO[Si](C)(C)C(C)(C)C)Cc2cccc([N+](=O)[O-])c2)ccc1[C@@H](C)CO. The molecule has 11 heteroatoms. The van der Waals surface area contributed by atoms with E-state index in [1.165, 1.54) is 12.1 Å². The van der Waals surface area contributed by atoms with Crippen LogP contribution in [0.15, 0.2) is 77.7 Å². The maximum absolute atomic E-state index is 14.7. The molecule has 1 aromatic heterocycles. The van der Waals surface area contributed by atoms with Crippen molar-refractivity contribution >= 4 is 36.4 Å². The van der Waals surface area contributed by atoms with Crippen molar-refractivity contribution in [3.8, 4) is 0 Å². The number of nitro groups is 1. The molecule has 3 N–H and O–H groups in total. The number of hydrogen-bond acceptors (Lipinski definition) is 7. The van der Waals surface area contributed by atoms with Crippen molar-refractivity contribution in [3.63, 3.8) is 0 Å². The fourth-order valence-electron chi connectivity index (χ4n) is 5.32. The lowest BCUT2D eigenvalue weighted by molar-refractivity contribution is -0.384. The highest BCUT2D eigenvalue weighted by atomic mass is 28.4. The standard InChI is InChI=1S/C36H46N4O6Si/c1-24-19-28(12-14-31(24)25(2)23-41)33(38-29-13-11-27-15-16-37-34(42)32(27)21-29)35(43)39(17-18-46-47(6,7)36(3,4)5)22-26-9-8-10-30(20-26)40(44)45/h8-16,19-21,25,33,38,41H,17-18,22-23H2,1-7H3,(H,37,42)/t25-,33?/m0/s1. The molecule has 3 aromatic carbocycles. The number of fused-ring (bicyclic) bond motifs is 1. The van der Waals surface area contributed by atoms with Gasteiger partial charge in [-0.3, -0.25) is 19.7 Å². The van der Waals surface area contributed by atoms with Gasteiger partial charge in [0.05, 0.1) is 11.5 Å². The number of pyridine rings is 1. The number of aryl methyl sites for hydroxylation is 1. The molecule has 0 bridgehead atoms. The van der Waals surface area contributed by atoms with Crippen molar-refractivity contribution in [2.45, 2.75) is 71.3 Å². The van der Waals surface area contributed by atoms with E-state index in [0.29, 0.717) is 28.8 Å². The number of non-ortho nitro benzene ring substituents is 1. The summed E-state index contributed by atoms with van der Waals surface area (Å²) in [7, 11) is -2.13. The van der Waals surface area contributed by atoms with Gasteiger partial charge in [-0.1, -0.05) is 64.1 Å². The summed E-state index contributed by atoms with van der Waals surface area (Å²) in [4.78, 5) is 42.8. The summed E-state index contributed by atoms with van der Waals surface area (Å²) >= 11 is 0. The molecular formula is C36H46N4O6Si. The van der Waals surface area contributed by atoms with Crippen LogP contribution in [0.4, 0.5) is 11.4 Å². The molecule has 4 aromatic rings. The molecule has 0 saturated heterocycles. The Labute approximate surface area is 277 Å². The quantitative estimate of drug-likeness (QED) is 0.0796. The van der Waals surface area contributed by atoms with Crippen molar-refractivity contribution < 1.29 is 19.3 Å². The van der Waals surface area contributed by atoms with Gasteiger partial charge in [-0.05, 0) is 70.9 Å². The highest BCUT2D eigenvalue weighted by Gasteiger charge is 2.37. The van der Waals surface area contributed by atoms with E-state index < -0.39 is 19.3 Å². The van der Waals surface area contributed by atoms with Crippen LogP contribution in [0.5, 0.6) is 0 Å². The Morgan fingerprint density at radius 2 is 1.85 bits per heavy atom. The first-order chi connectivity index (χ1) is 22.1. The first kappa shape index (κ1) is 35.5. The molecule has 1 amide bonds. The van der Waals surface area contributed by atoms with Crippen LogP contribution < -0.4 is 10.9 Å². The average Bonchev–Trinajstić information content (AvgIpc) is 3.02. The summed E-state index contributed by atoms with van der Waals surface area (Å²) in [6.07, 6.45) is 1.60. The third-order valence-corrected chi connectivity index (χ3v) is 13.7. The van der Waals surface area contributed by atoms with Crippen LogP contribution in [0, 0.1) is 17.0 Å². The summed E-state index contributed by atoms with van der Waals surface area (Å²) in [6, 6.07) is 18.4. The Morgan fingerprint density at radius 1 is 1.11 bits per heavy atom. The zero-order chi connectivity index (χ0) is 34.5. The number of aromatic amines is 1. The van der Waals surface area contributed by atoms with Crippen molar-refractivity contribution in [2.24, 2.45) is 0 Å². The number of benzene rings is 3. The zero-order valence-electron chi connectivity index (χ0n) is 28.3. The third kappa shape index (κ3) is 8.53. The third-order valence-electron chi connectivity index (χ3n) is 9.20. The van der Waals surface area contributed by atoms with Gasteiger partial charge in [0.2, 0.25) is 5.91 Å². The van der Waals surface area contributed by atoms with Crippen LogP contribution in [0.25, 0.3) is 10.8 Å². The Morgan fingerprint density at radius 3 is 2.51 bits per heavy atom. The largest absolute Gasteiger partial charge is 0.415 e. The molecule has 0 aliphatic carbocycles. The number of nitro benzene ring substituents is 1. The summed E-state index contributed by atoms with van der Waals surface area (Å²) in [6.45, 7) is 15.4. The van der Waals surface area contributed by atoms with Gasteiger partial charge < -0.3 is 24.7 Å². The molecule has 0 aliphatic heterocycles. The Balaban J connectivity index is 1.77. The second kappa shape index (κ2) is 14.6. The first-order valence-electron chi connectivity index (χ1n) is 15.9. The fourth-order valence-corrected chi connectivity index (χ4v) is 6.36. The van der Waals surface area contributed by atoms with Gasteiger partial charge in [-0.15, -0.1) is 0 Å². The molecule has 1 unspecified atom stereocenters. The van der Waals surface area contributed by atoms with E-state index in [1.54, 1.807) is 29.3 Å². The van der Waals surface area contributed by atoms with Crippen LogP contribution in [0.3, 0.4) is 0 Å². The van der Waals surface area contributed by atoms with Gasteiger partial charge >= 0.3 is 0 Å². The molecule has 47 heavy (non-hydrogen) atoms. The number of anilines is 1. The van der Waals surface area contributed by atoms with Crippen molar-refractivity contribution in [3.05, 3.63) is 116 Å². The average molecular weight is 659 g/mol. The number of rotatable bonds is 13. The van der Waals surface area contributed by atoms with Crippen LogP contribution in [-0.4, -0.2) is 53.9 Å². The molecule has 2 atom stereocenters. The van der Waals surface area contributed by atoms with E-state index in [2.05, 4.69) is 44.2 Å². The maximum Gasteiger partial charge on any atom is 0.269 e. The highest BCUT2D eigenvalue weighted by molar-refractivity contribution is 6.74. The Bertz CT molecular complexity index is 1800. The van der Waals surface area contributed by atoms with E-state index in [4.69, 9.17) is 4.43 Å². The number of nitrogens with one attached hydrogen (secondary N) is 2. The van der Waals surface area contributed by atoms with E-state index in [-0.39, 0.29) is 47.8 Å². The Hall–Kier alpha value is -4.32. The van der Waals surface area contributed by atoms with Crippen LogP contribution in [-0.2, 0) is 15.8 Å². The molecule has 0 saturated carbocycles. The minimum Gasteiger partial charge on any atom is -0.415 e. The summed E-state index contributed by atoms with van der Waals surface area (Å²) in [5.41, 5.74) is 3.55. The van der Waals surface area contributed by atoms with Crippen molar-refractivity contribution in [1.82, 2.24) is 9.88 Å². The minimum absolute atomic E-state index is 0.00233. The van der Waals surface area contributed by atoms with Crippen molar-refractivity contribution in [1.29, 1.82) is 0 Å². The minimum atomic E-state index is -2.13. The number of aromatic nitrogens is 1. The number of nitrogens with zero attached hydrogens (tertiary/aromatic N) is 2. The lowest BCUT2D eigenvalue weighted by Crippen LogP contribution is -2.44. The molecule has 0 aliphatic rings. The van der Waals surface area contributed by atoms with E-state index in [9.17, 15) is 24.8 Å². The number of H-pyrrole nitrogens is 1. The fraction of sp³-hybridized carbons (Fsp3) is 0.389. The van der Waals surface area contributed by atoms with E-state index >= 15 is 0 Å². The molecule has 250 valence electrons. The van der Waals surface area contributed by atoms with Crippen LogP contribution in [0.2, 0.25) is 18.1 Å². The number of aliphatic hydroxyl groups excluding tert-OH is 1. The molecule has 10 nitrogen and oxygen atoms in total. The lowest BCUT2D eigenvalue weighted by Gasteiger charge is -2.37. The molecule has 0 radical (unpaired) electrons. The monoisotopic (exact) mass is 658 g/mol. The van der Waals surface area contributed by atoms with Gasteiger partial charge in [0.25, 0.3) is 11.2 Å². The summed E-state index contributed by atoms with van der Waals surface area (Å²) < 4.78 is 6.47. The molecular weight excluding hydrogens is 613 g/mol. The summed E-state index contributed by atoms with van der Waals surface area (Å²) in [5.74, 6) is -0.323. The second-order valence-corrected chi connectivity index (χ2v) is 18.5. The predicted molar refractivity (Wildman–Crippen MR) is 189 cm³/mol. The van der Waals surface area contributed by atoms with Gasteiger partial charge in [0, 0.05) is 55.0 Å². The van der Waals surface area contributed by atoms with Gasteiger partial charge in [-0.2, -0.15) is 0 Å². The maximum atomic E-state index is 14.7. The van der Waals surface area contributed by atoms with Crippen molar-refractivity contribution in [2.75, 3.05) is 25.1 Å². The lowest BCUT2D eigenvalue weighted by atomic mass is 9.93. The first-order valence-corrected chi connectivity index (χ1v) is 18.8. The normalized spacial score (nSPS) is 13.3. The number of carbonyl (C=O) groups excluding carboxylic acids is 1. The van der Waals surface area contributed by atoms with Gasteiger partial charge in [0.15, 0.2) is 8.32 Å². The molecule has 0 spiro atoms. The van der Waals surface area contributed by atoms with E-state index in [0.717, 1.165) is 16.5 Å². The topological polar surface area (TPSA) is 138 Å². The highest BCUT2D eigenvalue weighted by Crippen LogP contribution is 2.36. The van der Waals surface area contributed by atoms with E-state index in [1.807, 2.05) is 50.2 Å². The zero-order valence-corrected chi connectivity index (χ0v) is 29.3. The molecule has 1 heterocycles. The number of carbonyl (C=O) groups is 1. The van der Waals surface area contributed by atoms with Gasteiger partial charge in [0.1, 0.15) is 6.04 Å². The van der Waals surface area contributed by atoms with Gasteiger partial charge in [-0.25, -0.2) is 0 Å². The number of amides is 1. The Kier molecular flexibility index (Phi) is 11.1. The molecule has 4 rings (SSSR count). The smallest absolute Gasteiger partial charge is 0.269 e. The van der Waals surface area contributed by atoms with Crippen LogP contribution in [0.1, 0.15) is 61.9 Å². The number of hydrogen-bond donors (Lipinski definition) is 3. The predicted octanol–water partition coefficient (Wildman–Crippen LogP) is 7.04. The summed E-state index contributed by atoms with van der Waals surface area (Å²) in [5, 5.41) is 26.0. The number of aliphatic hydroxyl groups is 1. The van der Waals surface area contributed by atoms with Crippen LogP contribution >= 0.6 is 0 Å².